The van der Waals surface area contributed by atoms with Gasteiger partial charge in [0.2, 0.25) is 5.76 Å². The Morgan fingerprint density at radius 3 is 2.88 bits per heavy atom. The van der Waals surface area contributed by atoms with Gasteiger partial charge in [0, 0.05) is 14.6 Å². The van der Waals surface area contributed by atoms with E-state index in [2.05, 4.69) is 15.9 Å². The van der Waals surface area contributed by atoms with Crippen molar-refractivity contribution in [3.8, 4) is 0 Å². The number of benzene rings is 1. The number of primary amides is 1. The lowest BCUT2D eigenvalue weighted by atomic mass is 10.2. The molecule has 4 nitrogen and oxygen atoms in total. The molecular formula is C11H7BrN2O2S. The van der Waals surface area contributed by atoms with E-state index in [1.165, 1.54) is 11.3 Å². The molecule has 6 heteroatoms. The molecule has 0 fully saturated rings. The molecule has 0 radical (unpaired) electrons. The van der Waals surface area contributed by atoms with Crippen molar-refractivity contribution in [3.63, 3.8) is 0 Å². The number of amides is 1. The predicted octanol–water partition coefficient (Wildman–Crippen LogP) is 3.09. The Morgan fingerprint density at radius 2 is 2.18 bits per heavy atom. The van der Waals surface area contributed by atoms with Crippen molar-refractivity contribution in [2.45, 2.75) is 0 Å². The van der Waals surface area contributed by atoms with Gasteiger partial charge in [-0.3, -0.25) is 4.79 Å². The van der Waals surface area contributed by atoms with Crippen molar-refractivity contribution in [2.24, 2.45) is 5.73 Å². The summed E-state index contributed by atoms with van der Waals surface area (Å²) >= 11 is 4.89. The Bertz CT molecular complexity index is 760. The third kappa shape index (κ3) is 1.44. The van der Waals surface area contributed by atoms with Crippen LogP contribution in [0, 0.1) is 0 Å². The summed E-state index contributed by atoms with van der Waals surface area (Å²) in [7, 11) is 0. The van der Waals surface area contributed by atoms with E-state index in [0.29, 0.717) is 11.3 Å². The lowest BCUT2D eigenvalue weighted by Crippen LogP contribution is -2.11. The van der Waals surface area contributed by atoms with E-state index < -0.39 is 5.91 Å². The van der Waals surface area contributed by atoms with Crippen LogP contribution in [0.3, 0.4) is 0 Å². The van der Waals surface area contributed by atoms with Crippen LogP contribution < -0.4 is 11.5 Å². The summed E-state index contributed by atoms with van der Waals surface area (Å²) in [6.07, 6.45) is 0. The second kappa shape index (κ2) is 3.48. The predicted molar refractivity (Wildman–Crippen MR) is 72.2 cm³/mol. The van der Waals surface area contributed by atoms with Crippen molar-refractivity contribution in [3.05, 3.63) is 28.4 Å². The van der Waals surface area contributed by atoms with Gasteiger partial charge in [-0.1, -0.05) is 15.9 Å². The van der Waals surface area contributed by atoms with Crippen LogP contribution in [0.25, 0.3) is 20.4 Å². The quantitative estimate of drug-likeness (QED) is 0.724. The second-order valence-electron chi connectivity index (χ2n) is 3.61. The maximum absolute atomic E-state index is 11.1. The van der Waals surface area contributed by atoms with Gasteiger partial charge in [-0.05, 0) is 18.2 Å². The fourth-order valence-electron chi connectivity index (χ4n) is 1.77. The summed E-state index contributed by atoms with van der Waals surface area (Å²) in [4.78, 5) is 11.1. The number of nitrogens with two attached hydrogens (primary N) is 2. The number of hydrogen-bond acceptors (Lipinski definition) is 4. The molecule has 0 bridgehead atoms. The maximum Gasteiger partial charge on any atom is 0.286 e. The molecule has 3 rings (SSSR count). The van der Waals surface area contributed by atoms with Crippen LogP contribution in [-0.4, -0.2) is 5.91 Å². The van der Waals surface area contributed by atoms with E-state index in [0.717, 1.165) is 19.3 Å². The van der Waals surface area contributed by atoms with Crippen LogP contribution in [0.15, 0.2) is 27.1 Å². The Balaban J connectivity index is 2.47. The molecule has 0 aliphatic heterocycles. The number of nitrogen functional groups attached to an aromatic ring is 1. The van der Waals surface area contributed by atoms with Gasteiger partial charge in [-0.25, -0.2) is 0 Å². The van der Waals surface area contributed by atoms with E-state index >= 15 is 0 Å². The third-order valence-electron chi connectivity index (χ3n) is 2.52. The zero-order valence-corrected chi connectivity index (χ0v) is 10.9. The molecule has 17 heavy (non-hydrogen) atoms. The van der Waals surface area contributed by atoms with Gasteiger partial charge in [0.05, 0.1) is 4.70 Å². The van der Waals surface area contributed by atoms with E-state index in [4.69, 9.17) is 15.9 Å². The zero-order chi connectivity index (χ0) is 12.2. The molecule has 0 aliphatic carbocycles. The Labute approximate surface area is 108 Å². The van der Waals surface area contributed by atoms with Crippen LogP contribution in [0.5, 0.6) is 0 Å². The van der Waals surface area contributed by atoms with Crippen LogP contribution >= 0.6 is 27.3 Å². The SMILES string of the molecule is NC(=O)c1oc2c(sc3ccc(Br)cc32)c1N. The Morgan fingerprint density at radius 1 is 1.41 bits per heavy atom. The average molecular weight is 311 g/mol. The molecule has 0 aliphatic rings. The number of hydrogen-bond donors (Lipinski definition) is 2. The Hall–Kier alpha value is -1.53. The molecule has 0 atom stereocenters. The van der Waals surface area contributed by atoms with E-state index in [1.807, 2.05) is 18.2 Å². The van der Waals surface area contributed by atoms with Crippen molar-refractivity contribution >= 4 is 59.2 Å². The van der Waals surface area contributed by atoms with Crippen molar-refractivity contribution < 1.29 is 9.21 Å². The largest absolute Gasteiger partial charge is 0.447 e. The van der Waals surface area contributed by atoms with Gasteiger partial charge >= 0.3 is 0 Å². The minimum absolute atomic E-state index is 0.0353. The number of halogens is 1. The molecule has 0 spiro atoms. The number of thiophene rings is 1. The summed E-state index contributed by atoms with van der Waals surface area (Å²) in [5, 5.41) is 0.929. The highest BCUT2D eigenvalue weighted by molar-refractivity contribution is 9.10. The van der Waals surface area contributed by atoms with Gasteiger partial charge in [-0.15, -0.1) is 11.3 Å². The summed E-state index contributed by atoms with van der Waals surface area (Å²) in [6, 6.07) is 5.85. The Kier molecular flexibility index (Phi) is 2.17. The first-order valence-corrected chi connectivity index (χ1v) is 6.38. The molecule has 0 saturated heterocycles. The number of carbonyl (C=O) groups excluding carboxylic acids is 1. The summed E-state index contributed by atoms with van der Waals surface area (Å²) in [5.74, 6) is -0.609. The minimum atomic E-state index is -0.644. The van der Waals surface area contributed by atoms with Crippen LogP contribution in [0.2, 0.25) is 0 Å². The molecule has 2 heterocycles. The van der Waals surface area contributed by atoms with E-state index in [9.17, 15) is 4.79 Å². The van der Waals surface area contributed by atoms with Crippen LogP contribution in [0.1, 0.15) is 10.6 Å². The fraction of sp³-hybridized carbons (Fsp3) is 0. The molecule has 0 saturated carbocycles. The van der Waals surface area contributed by atoms with Gasteiger partial charge in [-0.2, -0.15) is 0 Å². The van der Waals surface area contributed by atoms with Gasteiger partial charge in [0.1, 0.15) is 5.69 Å². The molecule has 86 valence electrons. The normalized spacial score (nSPS) is 11.4. The number of carbonyl (C=O) groups is 1. The molecular weight excluding hydrogens is 304 g/mol. The second-order valence-corrected chi connectivity index (χ2v) is 5.58. The first-order valence-electron chi connectivity index (χ1n) is 4.77. The lowest BCUT2D eigenvalue weighted by Gasteiger charge is -1.92. The van der Waals surface area contributed by atoms with Crippen molar-refractivity contribution in [1.82, 2.24) is 0 Å². The van der Waals surface area contributed by atoms with Gasteiger partial charge < -0.3 is 15.9 Å². The summed E-state index contributed by atoms with van der Waals surface area (Å²) in [6.45, 7) is 0. The molecule has 1 aromatic carbocycles. The number of anilines is 1. The zero-order valence-electron chi connectivity index (χ0n) is 8.49. The number of rotatable bonds is 1. The summed E-state index contributed by atoms with van der Waals surface area (Å²) in [5.41, 5.74) is 12.0. The number of furan rings is 1. The van der Waals surface area contributed by atoms with Crippen LogP contribution in [0.4, 0.5) is 5.69 Å². The number of fused-ring (bicyclic) bond motifs is 3. The molecule has 4 N–H and O–H groups in total. The molecule has 3 aromatic rings. The fourth-order valence-corrected chi connectivity index (χ4v) is 3.19. The monoisotopic (exact) mass is 310 g/mol. The first-order chi connectivity index (χ1) is 8.08. The third-order valence-corrected chi connectivity index (χ3v) is 4.20. The lowest BCUT2D eigenvalue weighted by molar-refractivity contribution is 0.0977. The average Bonchev–Trinajstić information content (AvgIpc) is 2.77. The van der Waals surface area contributed by atoms with Crippen LogP contribution in [-0.2, 0) is 0 Å². The van der Waals surface area contributed by atoms with Crippen molar-refractivity contribution in [1.29, 1.82) is 0 Å². The van der Waals surface area contributed by atoms with E-state index in [-0.39, 0.29) is 5.76 Å². The standard InChI is InChI=1S/C11H7BrN2O2S/c12-4-1-2-6-5(3-4)8-10(17-6)7(13)9(16-8)11(14)15/h1-3H,13H2,(H2,14,15). The first kappa shape index (κ1) is 10.6. The highest BCUT2D eigenvalue weighted by Gasteiger charge is 2.20. The highest BCUT2D eigenvalue weighted by Crippen LogP contribution is 2.41. The highest BCUT2D eigenvalue weighted by atomic mass is 79.9. The minimum Gasteiger partial charge on any atom is -0.447 e. The topological polar surface area (TPSA) is 82.2 Å². The van der Waals surface area contributed by atoms with Gasteiger partial charge in [0.25, 0.3) is 5.91 Å². The van der Waals surface area contributed by atoms with Crippen molar-refractivity contribution in [2.75, 3.05) is 5.73 Å². The summed E-state index contributed by atoms with van der Waals surface area (Å²) < 4.78 is 8.23. The smallest absolute Gasteiger partial charge is 0.286 e. The molecule has 0 unspecified atom stereocenters. The molecule has 1 amide bonds. The van der Waals surface area contributed by atoms with Gasteiger partial charge in [0.15, 0.2) is 5.58 Å². The van der Waals surface area contributed by atoms with E-state index in [1.54, 1.807) is 0 Å². The molecule has 2 aromatic heterocycles. The maximum atomic E-state index is 11.1.